The molecule has 3 rings (SSSR count). The van der Waals surface area contributed by atoms with E-state index in [-0.39, 0.29) is 5.57 Å². The van der Waals surface area contributed by atoms with Crippen LogP contribution in [-0.4, -0.2) is 0 Å². The van der Waals surface area contributed by atoms with Crippen molar-refractivity contribution in [3.8, 4) is 11.8 Å². The van der Waals surface area contributed by atoms with E-state index in [1.165, 1.54) is 12.1 Å². The van der Waals surface area contributed by atoms with E-state index in [0.29, 0.717) is 17.9 Å². The standard InChI is InChI=1S/C23H15F3INO/c24-23(25,26)20-7-5-18(6-8-20)19(14-28)13-16-3-11-22(12-4-16)29-15-17-1-9-21(27)10-2-17/h1-13H,15H2/b19-13-. The van der Waals surface area contributed by atoms with Crippen LogP contribution in [0.1, 0.15) is 22.3 Å². The van der Waals surface area contributed by atoms with Crippen LogP contribution in [-0.2, 0) is 12.8 Å². The lowest BCUT2D eigenvalue weighted by Gasteiger charge is -2.08. The van der Waals surface area contributed by atoms with Crippen molar-refractivity contribution >= 4 is 34.2 Å². The highest BCUT2D eigenvalue weighted by molar-refractivity contribution is 14.1. The van der Waals surface area contributed by atoms with Gasteiger partial charge in [0.15, 0.2) is 0 Å². The van der Waals surface area contributed by atoms with Gasteiger partial charge in [-0.15, -0.1) is 0 Å². The monoisotopic (exact) mass is 505 g/mol. The van der Waals surface area contributed by atoms with Crippen LogP contribution in [0.15, 0.2) is 72.8 Å². The summed E-state index contributed by atoms with van der Waals surface area (Å²) >= 11 is 2.24. The van der Waals surface area contributed by atoms with Gasteiger partial charge < -0.3 is 4.74 Å². The number of hydrogen-bond donors (Lipinski definition) is 0. The molecule has 0 N–H and O–H groups in total. The van der Waals surface area contributed by atoms with E-state index in [0.717, 1.165) is 26.8 Å². The molecule has 0 fully saturated rings. The largest absolute Gasteiger partial charge is 0.489 e. The molecule has 3 aromatic carbocycles. The number of hydrogen-bond acceptors (Lipinski definition) is 2. The molecular formula is C23H15F3INO. The van der Waals surface area contributed by atoms with Crippen molar-refractivity contribution in [2.45, 2.75) is 12.8 Å². The fourth-order valence-electron chi connectivity index (χ4n) is 2.59. The molecule has 0 saturated carbocycles. The zero-order valence-electron chi connectivity index (χ0n) is 15.1. The fourth-order valence-corrected chi connectivity index (χ4v) is 2.95. The van der Waals surface area contributed by atoms with E-state index >= 15 is 0 Å². The molecule has 0 aliphatic carbocycles. The SMILES string of the molecule is N#C/C(=C/c1ccc(OCc2ccc(I)cc2)cc1)c1ccc(C(F)(F)F)cc1. The molecule has 0 bridgehead atoms. The first kappa shape index (κ1) is 20.9. The Morgan fingerprint density at radius 3 is 2.10 bits per heavy atom. The topological polar surface area (TPSA) is 33.0 Å². The lowest BCUT2D eigenvalue weighted by Crippen LogP contribution is -2.04. The van der Waals surface area contributed by atoms with Crippen molar-refractivity contribution in [1.82, 2.24) is 0 Å². The Bertz CT molecular complexity index is 1030. The third-order valence-electron chi connectivity index (χ3n) is 4.15. The summed E-state index contributed by atoms with van der Waals surface area (Å²) < 4.78 is 45.0. The molecule has 29 heavy (non-hydrogen) atoms. The second-order valence-electron chi connectivity index (χ2n) is 6.23. The summed E-state index contributed by atoms with van der Waals surface area (Å²) in [4.78, 5) is 0. The van der Waals surface area contributed by atoms with Crippen LogP contribution in [0.4, 0.5) is 13.2 Å². The van der Waals surface area contributed by atoms with Gasteiger partial charge in [-0.2, -0.15) is 18.4 Å². The Hall–Kier alpha value is -2.79. The lowest BCUT2D eigenvalue weighted by atomic mass is 10.0. The normalized spacial score (nSPS) is 11.8. The van der Waals surface area contributed by atoms with Gasteiger partial charge in [0.25, 0.3) is 0 Å². The summed E-state index contributed by atoms with van der Waals surface area (Å²) in [5.41, 5.74) is 1.78. The van der Waals surface area contributed by atoms with Crippen LogP contribution in [0.5, 0.6) is 5.75 Å². The molecule has 2 nitrogen and oxygen atoms in total. The van der Waals surface area contributed by atoms with Gasteiger partial charge in [0.05, 0.1) is 17.2 Å². The Balaban J connectivity index is 1.70. The van der Waals surface area contributed by atoms with Gasteiger partial charge in [-0.3, -0.25) is 0 Å². The molecule has 146 valence electrons. The minimum Gasteiger partial charge on any atom is -0.489 e. The zero-order chi connectivity index (χ0) is 20.9. The van der Waals surface area contributed by atoms with Crippen molar-refractivity contribution in [2.75, 3.05) is 0 Å². The molecule has 0 amide bonds. The molecule has 0 unspecified atom stereocenters. The highest BCUT2D eigenvalue weighted by atomic mass is 127. The molecule has 0 saturated heterocycles. The predicted molar refractivity (Wildman–Crippen MR) is 115 cm³/mol. The number of rotatable bonds is 5. The molecule has 0 atom stereocenters. The van der Waals surface area contributed by atoms with Crippen LogP contribution in [0.3, 0.4) is 0 Å². The van der Waals surface area contributed by atoms with Gasteiger partial charge >= 0.3 is 6.18 Å². The number of benzene rings is 3. The van der Waals surface area contributed by atoms with Gasteiger partial charge in [0.2, 0.25) is 0 Å². The minimum atomic E-state index is -4.40. The van der Waals surface area contributed by atoms with Crippen LogP contribution in [0.2, 0.25) is 0 Å². The molecule has 0 aliphatic heterocycles. The summed E-state index contributed by atoms with van der Waals surface area (Å²) in [6.45, 7) is 0.446. The highest BCUT2D eigenvalue weighted by Crippen LogP contribution is 2.30. The summed E-state index contributed by atoms with van der Waals surface area (Å²) in [6, 6.07) is 21.8. The first-order valence-electron chi connectivity index (χ1n) is 8.62. The van der Waals surface area contributed by atoms with Crippen LogP contribution in [0, 0.1) is 14.9 Å². The maximum absolute atomic E-state index is 12.7. The molecule has 3 aromatic rings. The third-order valence-corrected chi connectivity index (χ3v) is 4.87. The van der Waals surface area contributed by atoms with Crippen molar-refractivity contribution in [3.63, 3.8) is 0 Å². The molecule has 6 heteroatoms. The van der Waals surface area contributed by atoms with E-state index in [1.54, 1.807) is 30.3 Å². The number of ether oxygens (including phenoxy) is 1. The first-order valence-corrected chi connectivity index (χ1v) is 9.70. The van der Waals surface area contributed by atoms with Crippen LogP contribution >= 0.6 is 22.6 Å². The van der Waals surface area contributed by atoms with E-state index in [2.05, 4.69) is 22.6 Å². The Morgan fingerprint density at radius 1 is 0.931 bits per heavy atom. The Labute approximate surface area is 180 Å². The number of nitrogens with zero attached hydrogens (tertiary/aromatic N) is 1. The average Bonchev–Trinajstić information content (AvgIpc) is 2.72. The van der Waals surface area contributed by atoms with Crippen molar-refractivity contribution in [2.24, 2.45) is 0 Å². The fraction of sp³-hybridized carbons (Fsp3) is 0.0870. The molecule has 0 heterocycles. The molecule has 0 radical (unpaired) electrons. The first-order chi connectivity index (χ1) is 13.8. The molecule has 0 aliphatic rings. The Kier molecular flexibility index (Phi) is 6.60. The smallest absolute Gasteiger partial charge is 0.416 e. The summed E-state index contributed by atoms with van der Waals surface area (Å²) in [6.07, 6.45) is -2.77. The quantitative estimate of drug-likeness (QED) is 0.214. The summed E-state index contributed by atoms with van der Waals surface area (Å²) in [5, 5.41) is 9.39. The summed E-state index contributed by atoms with van der Waals surface area (Å²) in [7, 11) is 0. The molecule has 0 spiro atoms. The predicted octanol–water partition coefficient (Wildman–Crippen LogP) is 6.95. The van der Waals surface area contributed by atoms with Gasteiger partial charge in [-0.1, -0.05) is 36.4 Å². The average molecular weight is 505 g/mol. The van der Waals surface area contributed by atoms with Crippen molar-refractivity contribution in [1.29, 1.82) is 5.26 Å². The third kappa shape index (κ3) is 5.84. The highest BCUT2D eigenvalue weighted by Gasteiger charge is 2.30. The van der Waals surface area contributed by atoms with Gasteiger partial charge in [-0.05, 0) is 81.8 Å². The minimum absolute atomic E-state index is 0.284. The summed E-state index contributed by atoms with van der Waals surface area (Å²) in [5.74, 6) is 0.689. The molecule has 0 aromatic heterocycles. The number of allylic oxidation sites excluding steroid dienone is 1. The van der Waals surface area contributed by atoms with Crippen molar-refractivity contribution in [3.05, 3.63) is 98.6 Å². The van der Waals surface area contributed by atoms with Crippen LogP contribution < -0.4 is 4.74 Å². The van der Waals surface area contributed by atoms with Gasteiger partial charge in [0, 0.05) is 3.57 Å². The van der Waals surface area contributed by atoms with Crippen LogP contribution in [0.25, 0.3) is 11.6 Å². The second-order valence-corrected chi connectivity index (χ2v) is 7.47. The second kappa shape index (κ2) is 9.14. The van der Waals surface area contributed by atoms with E-state index in [9.17, 15) is 18.4 Å². The van der Waals surface area contributed by atoms with E-state index < -0.39 is 11.7 Å². The zero-order valence-corrected chi connectivity index (χ0v) is 17.2. The number of nitriles is 1. The maximum Gasteiger partial charge on any atom is 0.416 e. The Morgan fingerprint density at radius 2 is 1.55 bits per heavy atom. The van der Waals surface area contributed by atoms with Gasteiger partial charge in [-0.25, -0.2) is 0 Å². The van der Waals surface area contributed by atoms with E-state index in [4.69, 9.17) is 4.74 Å². The maximum atomic E-state index is 12.7. The number of alkyl halides is 3. The molecular weight excluding hydrogens is 490 g/mol. The van der Waals surface area contributed by atoms with Crippen molar-refractivity contribution < 1.29 is 17.9 Å². The van der Waals surface area contributed by atoms with Gasteiger partial charge in [0.1, 0.15) is 12.4 Å². The number of halogens is 4. The lowest BCUT2D eigenvalue weighted by molar-refractivity contribution is -0.137. The van der Waals surface area contributed by atoms with E-state index in [1.807, 2.05) is 30.3 Å².